The first-order valence-electron chi connectivity index (χ1n) is 5.66. The predicted octanol–water partition coefficient (Wildman–Crippen LogP) is 4.99. The smallest absolute Gasteiger partial charge is 0.125 e. The zero-order valence-electron chi connectivity index (χ0n) is 10.3. The van der Waals surface area contributed by atoms with Gasteiger partial charge in [0.2, 0.25) is 0 Å². The van der Waals surface area contributed by atoms with E-state index in [9.17, 15) is 0 Å². The van der Waals surface area contributed by atoms with Gasteiger partial charge in [0.25, 0.3) is 0 Å². The summed E-state index contributed by atoms with van der Waals surface area (Å²) in [4.78, 5) is 0. The average molecular weight is 281 g/mol. The lowest BCUT2D eigenvalue weighted by Crippen LogP contribution is -1.97. The fraction of sp³-hybridized carbons (Fsp3) is 0.200. The molecule has 2 aromatic rings. The van der Waals surface area contributed by atoms with E-state index in [1.807, 2.05) is 36.4 Å². The summed E-state index contributed by atoms with van der Waals surface area (Å²) in [6.07, 6.45) is 0. The molecule has 0 saturated carbocycles. The van der Waals surface area contributed by atoms with Crippen molar-refractivity contribution in [3.8, 4) is 5.75 Å². The number of hydrogen-bond donors (Lipinski definition) is 0. The van der Waals surface area contributed by atoms with E-state index in [0.717, 1.165) is 11.1 Å². The van der Waals surface area contributed by atoms with E-state index in [2.05, 4.69) is 6.92 Å². The molecule has 3 heteroatoms. The maximum Gasteiger partial charge on any atom is 0.125 e. The van der Waals surface area contributed by atoms with Gasteiger partial charge in [0, 0.05) is 10.6 Å². The van der Waals surface area contributed by atoms with Gasteiger partial charge in [-0.05, 0) is 24.6 Å². The molecule has 1 atom stereocenters. The molecule has 0 N–H and O–H groups in total. The number of aryl methyl sites for hydroxylation is 1. The average Bonchev–Trinajstić information content (AvgIpc) is 2.38. The second kappa shape index (κ2) is 5.64. The van der Waals surface area contributed by atoms with Gasteiger partial charge < -0.3 is 4.74 Å². The van der Waals surface area contributed by atoms with Gasteiger partial charge in [-0.1, -0.05) is 47.5 Å². The summed E-state index contributed by atoms with van der Waals surface area (Å²) in [5, 5.41) is 0.404. The van der Waals surface area contributed by atoms with Gasteiger partial charge in [-0.3, -0.25) is 0 Å². The Kier molecular flexibility index (Phi) is 4.15. The third-order valence-corrected chi connectivity index (χ3v) is 3.56. The van der Waals surface area contributed by atoms with E-state index in [4.69, 9.17) is 27.9 Å². The second-order valence-corrected chi connectivity index (χ2v) is 5.03. The zero-order chi connectivity index (χ0) is 13.1. The quantitative estimate of drug-likeness (QED) is 0.720. The lowest BCUT2D eigenvalue weighted by atomic mass is 10.0. The summed E-state index contributed by atoms with van der Waals surface area (Å²) in [7, 11) is 1.62. The Morgan fingerprint density at radius 2 is 1.72 bits per heavy atom. The summed E-state index contributed by atoms with van der Waals surface area (Å²) in [6.45, 7) is 2.05. The Hall–Kier alpha value is -1.18. The molecule has 94 valence electrons. The SMILES string of the molecule is COc1cc(Cl)ccc1C(Cl)c1ccc(C)cc1. The van der Waals surface area contributed by atoms with Crippen molar-refractivity contribution in [1.29, 1.82) is 0 Å². The monoisotopic (exact) mass is 280 g/mol. The highest BCUT2D eigenvalue weighted by molar-refractivity contribution is 6.30. The molecule has 2 rings (SSSR count). The first-order valence-corrected chi connectivity index (χ1v) is 6.47. The maximum absolute atomic E-state index is 6.50. The Bertz CT molecular complexity index is 535. The molecule has 0 amide bonds. The van der Waals surface area contributed by atoms with Crippen LogP contribution in [0, 0.1) is 6.92 Å². The predicted molar refractivity (Wildman–Crippen MR) is 76.9 cm³/mol. The van der Waals surface area contributed by atoms with Gasteiger partial charge in [-0.25, -0.2) is 0 Å². The van der Waals surface area contributed by atoms with Crippen molar-refractivity contribution in [2.24, 2.45) is 0 Å². The molecule has 0 bridgehead atoms. The summed E-state index contributed by atoms with van der Waals surface area (Å²) >= 11 is 12.4. The highest BCUT2D eigenvalue weighted by Crippen LogP contribution is 2.36. The van der Waals surface area contributed by atoms with Crippen LogP contribution in [0.5, 0.6) is 5.75 Å². The normalized spacial score (nSPS) is 12.2. The first-order chi connectivity index (χ1) is 8.61. The zero-order valence-corrected chi connectivity index (χ0v) is 11.8. The van der Waals surface area contributed by atoms with Gasteiger partial charge in [0.15, 0.2) is 0 Å². The molecule has 0 aliphatic carbocycles. The topological polar surface area (TPSA) is 9.23 Å². The molecule has 0 aromatic heterocycles. The number of ether oxygens (including phenoxy) is 1. The van der Waals surface area contributed by atoms with Crippen molar-refractivity contribution >= 4 is 23.2 Å². The van der Waals surface area contributed by atoms with Crippen LogP contribution < -0.4 is 4.74 Å². The molecule has 0 spiro atoms. The molecule has 0 fully saturated rings. The highest BCUT2D eigenvalue weighted by atomic mass is 35.5. The standard InChI is InChI=1S/C15H14Cl2O/c1-10-3-5-11(6-4-10)15(17)13-8-7-12(16)9-14(13)18-2/h3-9,15H,1-2H3. The number of benzene rings is 2. The fourth-order valence-electron chi connectivity index (χ4n) is 1.81. The first kappa shape index (κ1) is 13.3. The van der Waals surface area contributed by atoms with Crippen LogP contribution in [0.2, 0.25) is 5.02 Å². The van der Waals surface area contributed by atoms with Gasteiger partial charge in [-0.2, -0.15) is 0 Å². The number of rotatable bonds is 3. The fourth-order valence-corrected chi connectivity index (χ4v) is 2.30. The van der Waals surface area contributed by atoms with Crippen molar-refractivity contribution in [2.75, 3.05) is 7.11 Å². The largest absolute Gasteiger partial charge is 0.496 e. The van der Waals surface area contributed by atoms with Crippen LogP contribution in [-0.4, -0.2) is 7.11 Å². The molecule has 0 heterocycles. The molecule has 18 heavy (non-hydrogen) atoms. The van der Waals surface area contributed by atoms with Crippen LogP contribution in [0.15, 0.2) is 42.5 Å². The number of alkyl halides is 1. The second-order valence-electron chi connectivity index (χ2n) is 4.16. The Balaban J connectivity index is 2.39. The molecule has 0 saturated heterocycles. The van der Waals surface area contributed by atoms with E-state index >= 15 is 0 Å². The van der Waals surface area contributed by atoms with Crippen molar-refractivity contribution in [1.82, 2.24) is 0 Å². The van der Waals surface area contributed by atoms with Crippen LogP contribution in [0.25, 0.3) is 0 Å². The van der Waals surface area contributed by atoms with Crippen LogP contribution in [0.4, 0.5) is 0 Å². The summed E-state index contributed by atoms with van der Waals surface area (Å²) in [5.74, 6) is 0.711. The van der Waals surface area contributed by atoms with Crippen molar-refractivity contribution in [3.05, 3.63) is 64.2 Å². The van der Waals surface area contributed by atoms with E-state index in [1.165, 1.54) is 5.56 Å². The number of halogens is 2. The third-order valence-electron chi connectivity index (χ3n) is 2.84. The van der Waals surface area contributed by atoms with Crippen molar-refractivity contribution < 1.29 is 4.74 Å². The van der Waals surface area contributed by atoms with E-state index in [0.29, 0.717) is 10.8 Å². The van der Waals surface area contributed by atoms with E-state index < -0.39 is 0 Å². The molecular formula is C15H14Cl2O. The summed E-state index contributed by atoms with van der Waals surface area (Å²) in [5.41, 5.74) is 3.18. The molecule has 1 nitrogen and oxygen atoms in total. The lowest BCUT2D eigenvalue weighted by Gasteiger charge is -2.14. The minimum absolute atomic E-state index is 0.238. The van der Waals surface area contributed by atoms with Gasteiger partial charge in [0.1, 0.15) is 5.75 Å². The minimum atomic E-state index is -0.238. The number of hydrogen-bond acceptors (Lipinski definition) is 1. The molecular weight excluding hydrogens is 267 g/mol. The van der Waals surface area contributed by atoms with Gasteiger partial charge in [-0.15, -0.1) is 11.6 Å². The van der Waals surface area contributed by atoms with E-state index in [-0.39, 0.29) is 5.38 Å². The molecule has 2 aromatic carbocycles. The van der Waals surface area contributed by atoms with E-state index in [1.54, 1.807) is 13.2 Å². The van der Waals surface area contributed by atoms with Gasteiger partial charge in [0.05, 0.1) is 12.5 Å². The third kappa shape index (κ3) is 2.80. The Labute approximate surface area is 117 Å². The Morgan fingerprint density at radius 1 is 1.06 bits per heavy atom. The van der Waals surface area contributed by atoms with Crippen LogP contribution in [0.1, 0.15) is 22.1 Å². The van der Waals surface area contributed by atoms with Crippen LogP contribution in [-0.2, 0) is 0 Å². The highest BCUT2D eigenvalue weighted by Gasteiger charge is 2.15. The van der Waals surface area contributed by atoms with Crippen LogP contribution in [0.3, 0.4) is 0 Å². The molecule has 0 aliphatic rings. The Morgan fingerprint density at radius 3 is 2.33 bits per heavy atom. The number of methoxy groups -OCH3 is 1. The van der Waals surface area contributed by atoms with Gasteiger partial charge >= 0.3 is 0 Å². The summed E-state index contributed by atoms with van der Waals surface area (Å²) in [6, 6.07) is 13.7. The van der Waals surface area contributed by atoms with Crippen LogP contribution >= 0.6 is 23.2 Å². The molecule has 1 unspecified atom stereocenters. The maximum atomic E-state index is 6.50. The molecule has 0 aliphatic heterocycles. The lowest BCUT2D eigenvalue weighted by molar-refractivity contribution is 0.410. The summed E-state index contributed by atoms with van der Waals surface area (Å²) < 4.78 is 5.32. The van der Waals surface area contributed by atoms with Crippen molar-refractivity contribution in [3.63, 3.8) is 0 Å². The van der Waals surface area contributed by atoms with Crippen molar-refractivity contribution in [2.45, 2.75) is 12.3 Å². The molecule has 0 radical (unpaired) electrons. The minimum Gasteiger partial charge on any atom is -0.496 e.